The number of pyridine rings is 1. The Morgan fingerprint density at radius 3 is 2.50 bits per heavy atom. The predicted molar refractivity (Wildman–Crippen MR) is 116 cm³/mol. The quantitative estimate of drug-likeness (QED) is 0.555. The van der Waals surface area contributed by atoms with Crippen molar-refractivity contribution in [2.45, 2.75) is 51.6 Å². The summed E-state index contributed by atoms with van der Waals surface area (Å²) in [5.41, 5.74) is 8.37. The minimum Gasteiger partial charge on any atom is -0.368 e. The number of benzene rings is 1. The highest BCUT2D eigenvalue weighted by atomic mass is 35.5. The van der Waals surface area contributed by atoms with Crippen LogP contribution >= 0.6 is 11.6 Å². The van der Waals surface area contributed by atoms with Gasteiger partial charge in [0.2, 0.25) is 5.95 Å². The first-order valence-corrected chi connectivity index (χ1v) is 10.2. The van der Waals surface area contributed by atoms with E-state index in [1.807, 2.05) is 30.3 Å². The summed E-state index contributed by atoms with van der Waals surface area (Å²) >= 11 is 5.85. The molecule has 0 bridgehead atoms. The monoisotopic (exact) mass is 399 g/mol. The number of alkyl halides is 1. The van der Waals surface area contributed by atoms with Gasteiger partial charge in [-0.2, -0.15) is 4.98 Å². The molecule has 3 N–H and O–H groups in total. The van der Waals surface area contributed by atoms with E-state index in [0.717, 1.165) is 30.4 Å². The second kappa shape index (κ2) is 9.06. The molecule has 0 spiro atoms. The molecule has 0 unspecified atom stereocenters. The van der Waals surface area contributed by atoms with E-state index in [-0.39, 0.29) is 17.5 Å². The van der Waals surface area contributed by atoms with Crippen LogP contribution in [0.3, 0.4) is 0 Å². The zero-order valence-electron chi connectivity index (χ0n) is 16.3. The number of nitrogens with one attached hydrogen (secondary N) is 1. The maximum atomic E-state index is 13.2. The number of aromatic nitrogens is 3. The molecule has 28 heavy (non-hydrogen) atoms. The van der Waals surface area contributed by atoms with Gasteiger partial charge in [0, 0.05) is 18.1 Å². The molecule has 0 saturated heterocycles. The van der Waals surface area contributed by atoms with Crippen molar-refractivity contribution in [1.82, 2.24) is 14.5 Å². The number of nitrogens with zero attached hydrogens (tertiary/aromatic N) is 3. The largest absolute Gasteiger partial charge is 0.368 e. The van der Waals surface area contributed by atoms with Crippen LogP contribution in [-0.4, -0.2) is 20.6 Å². The van der Waals surface area contributed by atoms with Crippen molar-refractivity contribution in [3.63, 3.8) is 0 Å². The fourth-order valence-corrected chi connectivity index (χ4v) is 3.46. The zero-order valence-corrected chi connectivity index (χ0v) is 17.0. The average Bonchev–Trinajstić information content (AvgIpc) is 2.70. The molecule has 148 valence electrons. The Labute approximate surface area is 169 Å². The number of halogens is 1. The molecule has 1 aromatic carbocycles. The van der Waals surface area contributed by atoms with Crippen molar-refractivity contribution < 1.29 is 0 Å². The van der Waals surface area contributed by atoms with E-state index in [1.54, 1.807) is 10.8 Å². The minimum atomic E-state index is -0.132. The van der Waals surface area contributed by atoms with Crippen LogP contribution in [0.4, 0.5) is 11.8 Å². The average molecular weight is 400 g/mol. The van der Waals surface area contributed by atoms with Crippen molar-refractivity contribution in [1.29, 1.82) is 0 Å². The van der Waals surface area contributed by atoms with Gasteiger partial charge in [-0.1, -0.05) is 44.5 Å². The number of anilines is 2. The first kappa shape index (κ1) is 20.1. The van der Waals surface area contributed by atoms with Gasteiger partial charge in [0.05, 0.1) is 12.1 Å². The summed E-state index contributed by atoms with van der Waals surface area (Å²) in [7, 11) is 0. The van der Waals surface area contributed by atoms with Crippen LogP contribution in [0.25, 0.3) is 10.9 Å². The van der Waals surface area contributed by atoms with Gasteiger partial charge in [0.1, 0.15) is 11.2 Å². The molecule has 0 amide bonds. The Kier molecular flexibility index (Phi) is 6.52. The van der Waals surface area contributed by atoms with Gasteiger partial charge < -0.3 is 15.6 Å². The molecule has 0 aliphatic rings. The summed E-state index contributed by atoms with van der Waals surface area (Å²) in [5.74, 6) is 1.15. The highest BCUT2D eigenvalue weighted by Gasteiger charge is 2.15. The SMILES string of the molecule is CCC[C@@H](CC)Nc1nc(N)nc2ccn(Cc3ccc(CCl)cc3)c(=O)c12. The van der Waals surface area contributed by atoms with Gasteiger partial charge >= 0.3 is 0 Å². The van der Waals surface area contributed by atoms with Crippen molar-refractivity contribution in [2.75, 3.05) is 11.1 Å². The zero-order chi connectivity index (χ0) is 20.1. The van der Waals surface area contributed by atoms with Gasteiger partial charge in [-0.15, -0.1) is 11.6 Å². The van der Waals surface area contributed by atoms with Crippen LogP contribution in [0.15, 0.2) is 41.3 Å². The first-order chi connectivity index (χ1) is 13.5. The predicted octanol–water partition coefficient (Wildman–Crippen LogP) is 4.15. The molecule has 0 aliphatic carbocycles. The Morgan fingerprint density at radius 1 is 1.14 bits per heavy atom. The lowest BCUT2D eigenvalue weighted by Gasteiger charge is -2.18. The third-order valence-electron chi connectivity index (χ3n) is 4.84. The number of nitrogen functional groups attached to an aromatic ring is 1. The molecule has 6 nitrogen and oxygen atoms in total. The van der Waals surface area contributed by atoms with Gasteiger partial charge in [0.15, 0.2) is 0 Å². The summed E-state index contributed by atoms with van der Waals surface area (Å²) in [6.07, 6.45) is 4.73. The van der Waals surface area contributed by atoms with Crippen LogP contribution < -0.4 is 16.6 Å². The third kappa shape index (κ3) is 4.44. The highest BCUT2D eigenvalue weighted by Crippen LogP contribution is 2.20. The van der Waals surface area contributed by atoms with E-state index < -0.39 is 0 Å². The van der Waals surface area contributed by atoms with Crippen LogP contribution in [0.2, 0.25) is 0 Å². The summed E-state index contributed by atoms with van der Waals surface area (Å²) in [5, 5.41) is 3.88. The molecule has 0 fully saturated rings. The second-order valence-corrected chi connectivity index (χ2v) is 7.20. The topological polar surface area (TPSA) is 85.8 Å². The van der Waals surface area contributed by atoms with Crippen molar-refractivity contribution >= 4 is 34.3 Å². The Morgan fingerprint density at radius 2 is 1.86 bits per heavy atom. The van der Waals surface area contributed by atoms with Crippen LogP contribution in [-0.2, 0) is 12.4 Å². The molecule has 1 atom stereocenters. The standard InChI is InChI=1S/C21H26ClN5O/c1-3-5-16(4-2)24-19-18-17(25-21(23)26-19)10-11-27(20(18)28)13-15-8-6-14(12-22)7-9-15/h6-11,16H,3-5,12-13H2,1-2H3,(H3,23,24,25,26)/t16-/m1/s1. The third-order valence-corrected chi connectivity index (χ3v) is 5.15. The summed E-state index contributed by atoms with van der Waals surface area (Å²) in [6.45, 7) is 4.72. The van der Waals surface area contributed by atoms with Crippen molar-refractivity contribution in [3.8, 4) is 0 Å². The number of hydrogen-bond donors (Lipinski definition) is 2. The maximum Gasteiger partial charge on any atom is 0.264 e. The highest BCUT2D eigenvalue weighted by molar-refractivity contribution is 6.17. The fourth-order valence-electron chi connectivity index (χ4n) is 3.28. The molecular weight excluding hydrogens is 374 g/mol. The van der Waals surface area contributed by atoms with Crippen LogP contribution in [0.5, 0.6) is 0 Å². The van der Waals surface area contributed by atoms with E-state index >= 15 is 0 Å². The molecule has 3 rings (SSSR count). The van der Waals surface area contributed by atoms with Crippen molar-refractivity contribution in [3.05, 3.63) is 58.0 Å². The van der Waals surface area contributed by atoms with E-state index in [1.165, 1.54) is 0 Å². The van der Waals surface area contributed by atoms with Gasteiger partial charge in [-0.3, -0.25) is 4.79 Å². The lowest BCUT2D eigenvalue weighted by atomic mass is 10.1. The molecule has 3 aromatic rings. The lowest BCUT2D eigenvalue weighted by Crippen LogP contribution is -2.25. The van der Waals surface area contributed by atoms with Gasteiger partial charge in [-0.05, 0) is 30.0 Å². The summed E-state index contributed by atoms with van der Waals surface area (Å²) < 4.78 is 1.67. The Bertz CT molecular complexity index is 1000. The summed E-state index contributed by atoms with van der Waals surface area (Å²) in [6, 6.07) is 9.97. The molecule has 2 aromatic heterocycles. The smallest absolute Gasteiger partial charge is 0.264 e. The normalized spacial score (nSPS) is 12.2. The second-order valence-electron chi connectivity index (χ2n) is 6.93. The van der Waals surface area contributed by atoms with E-state index in [4.69, 9.17) is 17.3 Å². The summed E-state index contributed by atoms with van der Waals surface area (Å²) in [4.78, 5) is 21.8. The van der Waals surface area contributed by atoms with Crippen LogP contribution in [0, 0.1) is 0 Å². The van der Waals surface area contributed by atoms with E-state index in [9.17, 15) is 4.79 Å². The number of hydrogen-bond acceptors (Lipinski definition) is 5. The maximum absolute atomic E-state index is 13.2. The van der Waals surface area contributed by atoms with Crippen LogP contribution in [0.1, 0.15) is 44.2 Å². The van der Waals surface area contributed by atoms with E-state index in [0.29, 0.717) is 29.1 Å². The van der Waals surface area contributed by atoms with Gasteiger partial charge in [0.25, 0.3) is 5.56 Å². The molecular formula is C21H26ClN5O. The van der Waals surface area contributed by atoms with Gasteiger partial charge in [-0.25, -0.2) is 4.98 Å². The number of nitrogens with two attached hydrogens (primary N) is 1. The number of fused-ring (bicyclic) bond motifs is 1. The lowest BCUT2D eigenvalue weighted by molar-refractivity contribution is 0.621. The molecule has 0 radical (unpaired) electrons. The van der Waals surface area contributed by atoms with Crippen molar-refractivity contribution in [2.24, 2.45) is 0 Å². The Balaban J connectivity index is 2.01. The Hall–Kier alpha value is -2.60. The fraction of sp³-hybridized carbons (Fsp3) is 0.381. The minimum absolute atomic E-state index is 0.132. The molecule has 0 saturated carbocycles. The number of rotatable bonds is 8. The molecule has 7 heteroatoms. The molecule has 2 heterocycles. The van der Waals surface area contributed by atoms with E-state index in [2.05, 4.69) is 29.1 Å². The molecule has 0 aliphatic heterocycles. The first-order valence-electron chi connectivity index (χ1n) is 9.62.